The van der Waals surface area contributed by atoms with Gasteiger partial charge in [-0.3, -0.25) is 9.89 Å². The molecule has 0 saturated carbocycles. The van der Waals surface area contributed by atoms with E-state index in [9.17, 15) is 9.59 Å². The number of aromatic nitrogens is 2. The number of nitrogen functional groups attached to an aromatic ring is 1. The van der Waals surface area contributed by atoms with Crippen LogP contribution in [0.3, 0.4) is 0 Å². The van der Waals surface area contributed by atoms with Crippen molar-refractivity contribution in [2.45, 2.75) is 25.8 Å². The lowest BCUT2D eigenvalue weighted by Gasteiger charge is -2.31. The Morgan fingerprint density at radius 1 is 1.55 bits per heavy atom. The summed E-state index contributed by atoms with van der Waals surface area (Å²) < 4.78 is 4.94. The van der Waals surface area contributed by atoms with Gasteiger partial charge in [-0.1, -0.05) is 0 Å². The number of amides is 2. The Hall–Kier alpha value is -2.25. The summed E-state index contributed by atoms with van der Waals surface area (Å²) in [6.45, 7) is 3.31. The highest BCUT2D eigenvalue weighted by molar-refractivity contribution is 5.93. The maximum atomic E-state index is 11.9. The molecule has 2 rings (SSSR count). The number of carbonyl (C=O) groups is 2. The molecule has 1 saturated heterocycles. The summed E-state index contributed by atoms with van der Waals surface area (Å²) in [6, 6.07) is 1.53. The number of likely N-dealkylation sites (tertiary alicyclic amines) is 1. The summed E-state index contributed by atoms with van der Waals surface area (Å²) in [5.74, 6) is 0.0519. The molecule has 2 heterocycles. The van der Waals surface area contributed by atoms with Crippen LogP contribution in [-0.2, 0) is 4.74 Å². The van der Waals surface area contributed by atoms with Crippen LogP contribution in [0.1, 0.15) is 30.3 Å². The van der Waals surface area contributed by atoms with Crippen LogP contribution in [0.15, 0.2) is 6.07 Å². The zero-order valence-electron chi connectivity index (χ0n) is 11.4. The minimum absolute atomic E-state index is 0.0395. The first-order valence-electron chi connectivity index (χ1n) is 6.63. The van der Waals surface area contributed by atoms with Gasteiger partial charge in [-0.2, -0.15) is 5.10 Å². The molecule has 1 aliphatic rings. The maximum Gasteiger partial charge on any atom is 0.409 e. The molecule has 8 nitrogen and oxygen atoms in total. The number of nitrogens with zero attached hydrogens (tertiary/aromatic N) is 2. The van der Waals surface area contributed by atoms with E-state index in [-0.39, 0.29) is 23.9 Å². The number of rotatable bonds is 3. The third kappa shape index (κ3) is 3.40. The predicted octanol–water partition coefficient (Wildman–Crippen LogP) is 0.343. The Morgan fingerprint density at radius 2 is 2.25 bits per heavy atom. The number of H-pyrrole nitrogens is 1. The van der Waals surface area contributed by atoms with Gasteiger partial charge < -0.3 is 20.7 Å². The Kier molecular flexibility index (Phi) is 4.44. The van der Waals surface area contributed by atoms with Crippen molar-refractivity contribution in [1.82, 2.24) is 20.4 Å². The van der Waals surface area contributed by atoms with Crippen molar-refractivity contribution >= 4 is 17.8 Å². The average Bonchev–Trinajstić information content (AvgIpc) is 2.86. The van der Waals surface area contributed by atoms with Crippen molar-refractivity contribution in [3.05, 3.63) is 11.8 Å². The first-order chi connectivity index (χ1) is 9.60. The fraction of sp³-hybridized carbons (Fsp3) is 0.583. The van der Waals surface area contributed by atoms with Crippen LogP contribution in [-0.4, -0.2) is 52.8 Å². The van der Waals surface area contributed by atoms with Crippen LogP contribution in [0, 0.1) is 0 Å². The highest BCUT2D eigenvalue weighted by Gasteiger charge is 2.25. The summed E-state index contributed by atoms with van der Waals surface area (Å²) >= 11 is 0. The molecule has 4 N–H and O–H groups in total. The number of hydrogen-bond acceptors (Lipinski definition) is 5. The number of nitrogens with two attached hydrogens (primary N) is 1. The number of piperidine rings is 1. The Bertz CT molecular complexity index is 479. The van der Waals surface area contributed by atoms with Crippen molar-refractivity contribution in [3.63, 3.8) is 0 Å². The molecule has 1 aliphatic heterocycles. The normalized spacial score (nSPS) is 15.9. The van der Waals surface area contributed by atoms with Gasteiger partial charge in [-0.25, -0.2) is 4.79 Å². The molecule has 1 aromatic rings. The number of aromatic amines is 1. The topological polar surface area (TPSA) is 113 Å². The van der Waals surface area contributed by atoms with Crippen molar-refractivity contribution in [2.75, 3.05) is 25.4 Å². The number of hydrogen-bond donors (Lipinski definition) is 3. The third-order valence-corrected chi connectivity index (χ3v) is 3.20. The van der Waals surface area contributed by atoms with Gasteiger partial charge in [0.2, 0.25) is 0 Å². The molecule has 20 heavy (non-hydrogen) atoms. The third-order valence-electron chi connectivity index (χ3n) is 3.20. The van der Waals surface area contributed by atoms with Crippen molar-refractivity contribution in [3.8, 4) is 0 Å². The molecule has 0 atom stereocenters. The lowest BCUT2D eigenvalue weighted by Crippen LogP contribution is -2.46. The lowest BCUT2D eigenvalue weighted by atomic mass is 10.1. The van der Waals surface area contributed by atoms with E-state index in [4.69, 9.17) is 10.5 Å². The van der Waals surface area contributed by atoms with E-state index in [1.54, 1.807) is 11.8 Å². The van der Waals surface area contributed by atoms with E-state index in [0.717, 1.165) is 0 Å². The van der Waals surface area contributed by atoms with E-state index in [1.807, 2.05) is 0 Å². The molecular formula is C12H19N5O3. The molecule has 1 aromatic heterocycles. The number of nitrogens with one attached hydrogen (secondary N) is 2. The fourth-order valence-electron chi connectivity index (χ4n) is 2.14. The van der Waals surface area contributed by atoms with Crippen LogP contribution in [0.25, 0.3) is 0 Å². The van der Waals surface area contributed by atoms with E-state index in [0.29, 0.717) is 38.2 Å². The fourth-order valence-corrected chi connectivity index (χ4v) is 2.14. The minimum atomic E-state index is -0.293. The second-order valence-electron chi connectivity index (χ2n) is 4.64. The summed E-state index contributed by atoms with van der Waals surface area (Å²) in [4.78, 5) is 25.1. The van der Waals surface area contributed by atoms with Gasteiger partial charge in [0.25, 0.3) is 5.91 Å². The number of carbonyl (C=O) groups excluding carboxylic acids is 2. The summed E-state index contributed by atoms with van der Waals surface area (Å²) in [5.41, 5.74) is 5.79. The first kappa shape index (κ1) is 14.2. The molecule has 110 valence electrons. The molecule has 0 radical (unpaired) electrons. The highest BCUT2D eigenvalue weighted by atomic mass is 16.6. The van der Waals surface area contributed by atoms with E-state index >= 15 is 0 Å². The molecule has 1 fully saturated rings. The molecule has 0 unspecified atom stereocenters. The second kappa shape index (κ2) is 6.27. The molecule has 2 amide bonds. The highest BCUT2D eigenvalue weighted by Crippen LogP contribution is 2.12. The van der Waals surface area contributed by atoms with Gasteiger partial charge in [0, 0.05) is 25.2 Å². The molecule has 0 spiro atoms. The van der Waals surface area contributed by atoms with Gasteiger partial charge in [-0.05, 0) is 19.8 Å². The van der Waals surface area contributed by atoms with E-state index in [2.05, 4.69) is 15.5 Å². The first-order valence-corrected chi connectivity index (χ1v) is 6.63. The van der Waals surface area contributed by atoms with Crippen molar-refractivity contribution in [2.24, 2.45) is 0 Å². The van der Waals surface area contributed by atoms with Gasteiger partial charge in [-0.15, -0.1) is 0 Å². The Labute approximate surface area is 116 Å². The van der Waals surface area contributed by atoms with Crippen LogP contribution in [0.5, 0.6) is 0 Å². The van der Waals surface area contributed by atoms with E-state index in [1.165, 1.54) is 6.07 Å². The monoisotopic (exact) mass is 281 g/mol. The smallest absolute Gasteiger partial charge is 0.409 e. The summed E-state index contributed by atoms with van der Waals surface area (Å²) in [7, 11) is 0. The Balaban J connectivity index is 1.80. The van der Waals surface area contributed by atoms with Crippen LogP contribution < -0.4 is 11.1 Å². The van der Waals surface area contributed by atoms with Gasteiger partial charge >= 0.3 is 6.09 Å². The molecular weight excluding hydrogens is 262 g/mol. The van der Waals surface area contributed by atoms with Crippen LogP contribution in [0.4, 0.5) is 10.6 Å². The lowest BCUT2D eigenvalue weighted by molar-refractivity contribution is 0.0856. The molecule has 8 heteroatoms. The summed E-state index contributed by atoms with van der Waals surface area (Å²) in [6.07, 6.45) is 1.11. The standard InChI is InChI=1S/C12H19N5O3/c1-2-20-12(19)17-5-3-8(4-6-17)14-11(18)9-7-10(13)16-15-9/h7-8H,2-6H2,1H3,(H,14,18)(H3,13,15,16). The van der Waals surface area contributed by atoms with E-state index < -0.39 is 0 Å². The van der Waals surface area contributed by atoms with Crippen molar-refractivity contribution < 1.29 is 14.3 Å². The van der Waals surface area contributed by atoms with Gasteiger partial charge in [0.05, 0.1) is 6.61 Å². The SMILES string of the molecule is CCOC(=O)N1CCC(NC(=O)c2cc(N)n[nH]2)CC1. The van der Waals surface area contributed by atoms with Crippen LogP contribution >= 0.6 is 0 Å². The van der Waals surface area contributed by atoms with Crippen molar-refractivity contribution in [1.29, 1.82) is 0 Å². The zero-order valence-corrected chi connectivity index (χ0v) is 11.4. The maximum absolute atomic E-state index is 11.9. The van der Waals surface area contributed by atoms with Crippen LogP contribution in [0.2, 0.25) is 0 Å². The molecule has 0 aromatic carbocycles. The largest absolute Gasteiger partial charge is 0.450 e. The quantitative estimate of drug-likeness (QED) is 0.739. The summed E-state index contributed by atoms with van der Waals surface area (Å²) in [5, 5.41) is 9.17. The van der Waals surface area contributed by atoms with Gasteiger partial charge in [0.1, 0.15) is 11.5 Å². The van der Waals surface area contributed by atoms with Gasteiger partial charge in [0.15, 0.2) is 0 Å². The average molecular weight is 281 g/mol. The predicted molar refractivity (Wildman–Crippen MR) is 72.1 cm³/mol. The number of anilines is 1. The Morgan fingerprint density at radius 3 is 2.80 bits per heavy atom. The number of ether oxygens (including phenoxy) is 1. The molecule has 0 bridgehead atoms. The second-order valence-corrected chi connectivity index (χ2v) is 4.64. The zero-order chi connectivity index (χ0) is 14.5. The minimum Gasteiger partial charge on any atom is -0.450 e. The molecule has 0 aliphatic carbocycles.